The molecule has 3 rings (SSSR count). The van der Waals surface area contributed by atoms with E-state index >= 15 is 0 Å². The zero-order valence-electron chi connectivity index (χ0n) is 10.7. The SMILES string of the molecule is O=c1ccn([C@H]2C[C@H](O)[C@](CO)(C3N=NN=N3)O2)c(=O)[nH]1. The molecule has 112 valence electrons. The Labute approximate surface area is 116 Å². The normalized spacial score (nSPS) is 32.1. The molecule has 3 atom stereocenters. The number of aliphatic hydroxyl groups excluding tert-OH is 2. The van der Waals surface area contributed by atoms with Gasteiger partial charge in [-0.25, -0.2) is 4.79 Å². The molecular weight excluding hydrogens is 284 g/mol. The van der Waals surface area contributed by atoms with E-state index in [-0.39, 0.29) is 6.42 Å². The van der Waals surface area contributed by atoms with E-state index in [4.69, 9.17) is 4.74 Å². The smallest absolute Gasteiger partial charge is 0.330 e. The van der Waals surface area contributed by atoms with Crippen LogP contribution >= 0.6 is 0 Å². The van der Waals surface area contributed by atoms with Gasteiger partial charge in [-0.15, -0.1) is 10.2 Å². The summed E-state index contributed by atoms with van der Waals surface area (Å²) in [6.07, 6.45) is -1.71. The van der Waals surface area contributed by atoms with Gasteiger partial charge in [0.1, 0.15) is 6.23 Å². The maximum atomic E-state index is 11.8. The van der Waals surface area contributed by atoms with Crippen LogP contribution in [0.5, 0.6) is 0 Å². The molecule has 21 heavy (non-hydrogen) atoms. The van der Waals surface area contributed by atoms with Crippen LogP contribution in [0, 0.1) is 0 Å². The molecule has 11 heteroatoms. The van der Waals surface area contributed by atoms with Crippen LogP contribution in [0.2, 0.25) is 0 Å². The van der Waals surface area contributed by atoms with Crippen molar-refractivity contribution in [2.24, 2.45) is 20.7 Å². The molecule has 0 spiro atoms. The van der Waals surface area contributed by atoms with Crippen LogP contribution in [-0.2, 0) is 4.74 Å². The molecule has 1 aromatic rings. The van der Waals surface area contributed by atoms with Crippen molar-refractivity contribution < 1.29 is 14.9 Å². The summed E-state index contributed by atoms with van der Waals surface area (Å²) in [5, 5.41) is 33.8. The minimum absolute atomic E-state index is 0.0219. The molecule has 3 heterocycles. The van der Waals surface area contributed by atoms with Crippen molar-refractivity contribution in [3.05, 3.63) is 33.1 Å². The first-order chi connectivity index (χ1) is 10.1. The summed E-state index contributed by atoms with van der Waals surface area (Å²) in [6, 6.07) is 1.16. The van der Waals surface area contributed by atoms with E-state index in [0.29, 0.717) is 0 Å². The van der Waals surface area contributed by atoms with Crippen molar-refractivity contribution in [2.75, 3.05) is 6.61 Å². The summed E-state index contributed by atoms with van der Waals surface area (Å²) < 4.78 is 6.75. The summed E-state index contributed by atoms with van der Waals surface area (Å²) >= 11 is 0. The molecule has 0 saturated carbocycles. The molecule has 3 N–H and O–H groups in total. The fraction of sp³-hybridized carbons (Fsp3) is 0.600. The summed E-state index contributed by atoms with van der Waals surface area (Å²) in [6.45, 7) is -0.578. The third kappa shape index (κ3) is 2.11. The van der Waals surface area contributed by atoms with E-state index in [1.54, 1.807) is 0 Å². The zero-order chi connectivity index (χ0) is 15.0. The van der Waals surface area contributed by atoms with E-state index in [1.165, 1.54) is 6.20 Å². The van der Waals surface area contributed by atoms with Crippen LogP contribution in [0.1, 0.15) is 12.6 Å². The second-order valence-electron chi connectivity index (χ2n) is 4.74. The molecule has 2 aliphatic rings. The highest BCUT2D eigenvalue weighted by Gasteiger charge is 2.55. The van der Waals surface area contributed by atoms with Crippen molar-refractivity contribution in [3.63, 3.8) is 0 Å². The van der Waals surface area contributed by atoms with Crippen molar-refractivity contribution in [1.82, 2.24) is 9.55 Å². The quantitative estimate of drug-likeness (QED) is 0.632. The lowest BCUT2D eigenvalue weighted by Gasteiger charge is -2.30. The van der Waals surface area contributed by atoms with E-state index in [9.17, 15) is 19.8 Å². The van der Waals surface area contributed by atoms with Gasteiger partial charge in [-0.1, -0.05) is 0 Å². The first-order valence-corrected chi connectivity index (χ1v) is 6.15. The van der Waals surface area contributed by atoms with E-state index in [2.05, 4.69) is 25.7 Å². The zero-order valence-corrected chi connectivity index (χ0v) is 10.7. The topological polar surface area (TPSA) is 154 Å². The van der Waals surface area contributed by atoms with Crippen LogP contribution in [0.25, 0.3) is 0 Å². The van der Waals surface area contributed by atoms with Crippen LogP contribution in [0.15, 0.2) is 42.5 Å². The summed E-state index contributed by atoms with van der Waals surface area (Å²) in [5.74, 6) is 0. The molecule has 0 radical (unpaired) electrons. The van der Waals surface area contributed by atoms with E-state index in [1.807, 2.05) is 0 Å². The van der Waals surface area contributed by atoms with Gasteiger partial charge in [0, 0.05) is 18.7 Å². The predicted molar refractivity (Wildman–Crippen MR) is 65.4 cm³/mol. The third-order valence-corrected chi connectivity index (χ3v) is 3.55. The monoisotopic (exact) mass is 296 g/mol. The number of hydrogen-bond acceptors (Lipinski definition) is 9. The molecule has 2 aliphatic heterocycles. The number of H-pyrrole nitrogens is 1. The molecule has 0 amide bonds. The fourth-order valence-corrected chi connectivity index (χ4v) is 2.41. The van der Waals surface area contributed by atoms with E-state index in [0.717, 1.165) is 10.6 Å². The minimum atomic E-state index is -1.52. The summed E-state index contributed by atoms with van der Waals surface area (Å²) in [7, 11) is 0. The minimum Gasteiger partial charge on any atom is -0.393 e. The Kier molecular flexibility index (Phi) is 3.23. The maximum Gasteiger partial charge on any atom is 0.330 e. The van der Waals surface area contributed by atoms with Crippen LogP contribution < -0.4 is 11.2 Å². The number of aliphatic hydroxyl groups is 2. The second kappa shape index (κ2) is 4.95. The molecular formula is C10H12N6O5. The predicted octanol–water partition coefficient (Wildman–Crippen LogP) is -1.29. The summed E-state index contributed by atoms with van der Waals surface area (Å²) in [4.78, 5) is 24.9. The van der Waals surface area contributed by atoms with Gasteiger partial charge in [0.05, 0.1) is 12.7 Å². The number of rotatable bonds is 3. The van der Waals surface area contributed by atoms with Crippen molar-refractivity contribution in [3.8, 4) is 0 Å². The highest BCUT2D eigenvalue weighted by atomic mass is 16.6. The molecule has 1 aromatic heterocycles. The van der Waals surface area contributed by atoms with Gasteiger partial charge in [-0.3, -0.25) is 14.3 Å². The van der Waals surface area contributed by atoms with Gasteiger partial charge in [0.15, 0.2) is 5.60 Å². The van der Waals surface area contributed by atoms with Crippen molar-refractivity contribution >= 4 is 0 Å². The first-order valence-electron chi connectivity index (χ1n) is 6.15. The van der Waals surface area contributed by atoms with Crippen LogP contribution in [0.3, 0.4) is 0 Å². The Bertz CT molecular complexity index is 698. The molecule has 0 aromatic carbocycles. The van der Waals surface area contributed by atoms with Gasteiger partial charge in [0.2, 0.25) is 6.17 Å². The fourth-order valence-electron chi connectivity index (χ4n) is 2.41. The van der Waals surface area contributed by atoms with Gasteiger partial charge in [-0.2, -0.15) is 0 Å². The number of nitrogens with one attached hydrogen (secondary N) is 1. The van der Waals surface area contributed by atoms with Crippen LogP contribution in [-0.4, -0.2) is 44.2 Å². The number of aromatic amines is 1. The molecule has 11 nitrogen and oxygen atoms in total. The lowest BCUT2D eigenvalue weighted by molar-refractivity contribution is -0.140. The van der Waals surface area contributed by atoms with Gasteiger partial charge < -0.3 is 14.9 Å². The Morgan fingerprint density at radius 1 is 1.43 bits per heavy atom. The largest absolute Gasteiger partial charge is 0.393 e. The second-order valence-corrected chi connectivity index (χ2v) is 4.74. The molecule has 1 fully saturated rings. The Morgan fingerprint density at radius 3 is 2.76 bits per heavy atom. The maximum absolute atomic E-state index is 11.8. The number of hydrogen-bond donors (Lipinski definition) is 3. The van der Waals surface area contributed by atoms with Crippen molar-refractivity contribution in [1.29, 1.82) is 0 Å². The Balaban J connectivity index is 1.95. The Hall–Kier alpha value is -2.24. The van der Waals surface area contributed by atoms with E-state index < -0.39 is 42.0 Å². The number of nitrogens with zero attached hydrogens (tertiary/aromatic N) is 5. The average Bonchev–Trinajstić information content (AvgIpc) is 3.07. The third-order valence-electron chi connectivity index (χ3n) is 3.55. The molecule has 1 saturated heterocycles. The lowest BCUT2D eigenvalue weighted by Crippen LogP contribution is -2.51. The van der Waals surface area contributed by atoms with Gasteiger partial charge >= 0.3 is 5.69 Å². The lowest BCUT2D eigenvalue weighted by atomic mass is 9.94. The number of ether oxygens (including phenoxy) is 1. The first kappa shape index (κ1) is 13.7. The molecule has 0 unspecified atom stereocenters. The highest BCUT2D eigenvalue weighted by molar-refractivity contribution is 5.03. The van der Waals surface area contributed by atoms with Crippen LogP contribution in [0.4, 0.5) is 0 Å². The average molecular weight is 296 g/mol. The summed E-state index contributed by atoms with van der Waals surface area (Å²) in [5.41, 5.74) is -2.74. The standard InChI is InChI=1S/C10H12N6O5/c17-4-10(8-12-14-15-13-8)5(18)3-7(21-10)16-2-1-6(19)11-9(16)20/h1-2,5,7-8,17-18H,3-4H2,(H,11,19,20)/t5-,7+,10+/m0/s1. The molecule has 0 bridgehead atoms. The Morgan fingerprint density at radius 2 is 2.14 bits per heavy atom. The van der Waals surface area contributed by atoms with Gasteiger partial charge in [0.25, 0.3) is 5.56 Å². The highest BCUT2D eigenvalue weighted by Crippen LogP contribution is 2.40. The van der Waals surface area contributed by atoms with Gasteiger partial charge in [-0.05, 0) is 10.4 Å². The van der Waals surface area contributed by atoms with Crippen molar-refractivity contribution in [2.45, 2.75) is 30.5 Å². The number of aromatic nitrogens is 2. The molecule has 0 aliphatic carbocycles.